The first-order valence-corrected chi connectivity index (χ1v) is 6.78. The van der Waals surface area contributed by atoms with Gasteiger partial charge in [-0.25, -0.2) is 0 Å². The predicted octanol–water partition coefficient (Wildman–Crippen LogP) is 2.46. The number of amidine groups is 2. The molecule has 0 unspecified atom stereocenters. The maximum Gasteiger partial charge on any atom is 0.133 e. The van der Waals surface area contributed by atoms with Crippen molar-refractivity contribution in [2.24, 2.45) is 11.5 Å². The van der Waals surface area contributed by atoms with E-state index in [1.807, 2.05) is 36.4 Å². The van der Waals surface area contributed by atoms with E-state index in [4.69, 9.17) is 22.3 Å². The summed E-state index contributed by atoms with van der Waals surface area (Å²) in [6.45, 7) is 0. The summed E-state index contributed by atoms with van der Waals surface area (Å²) in [5, 5.41) is 16.0. The van der Waals surface area contributed by atoms with Gasteiger partial charge in [0.15, 0.2) is 0 Å². The Balaban J connectivity index is 2.07. The normalized spacial score (nSPS) is 10.8. The molecule has 0 radical (unpaired) electrons. The van der Waals surface area contributed by atoms with Crippen LogP contribution in [0.4, 0.5) is 0 Å². The van der Waals surface area contributed by atoms with Crippen molar-refractivity contribution >= 4 is 33.9 Å². The molecule has 6 heteroatoms. The van der Waals surface area contributed by atoms with E-state index >= 15 is 0 Å². The van der Waals surface area contributed by atoms with Gasteiger partial charge in [0.05, 0.1) is 15.4 Å². The molecule has 0 aliphatic rings. The van der Waals surface area contributed by atoms with Crippen LogP contribution in [0.25, 0.3) is 21.5 Å². The quantitative estimate of drug-likeness (QED) is 0.375. The molecule has 20 heavy (non-hydrogen) atoms. The molecule has 0 saturated carbocycles. The number of hydrogen-bond acceptors (Lipinski definition) is 3. The van der Waals surface area contributed by atoms with E-state index in [9.17, 15) is 0 Å². The highest BCUT2D eigenvalue weighted by molar-refractivity contribution is 7.17. The Morgan fingerprint density at radius 1 is 1.00 bits per heavy atom. The highest BCUT2D eigenvalue weighted by atomic mass is 32.1. The van der Waals surface area contributed by atoms with Crippen LogP contribution in [0.1, 0.15) is 10.4 Å². The maximum atomic E-state index is 7.46. The minimum atomic E-state index is 0.0537. The van der Waals surface area contributed by atoms with Crippen LogP contribution in [-0.4, -0.2) is 16.7 Å². The average molecular weight is 283 g/mol. The van der Waals surface area contributed by atoms with Crippen molar-refractivity contribution in [2.45, 2.75) is 0 Å². The smallest absolute Gasteiger partial charge is 0.133 e. The van der Waals surface area contributed by atoms with E-state index in [1.54, 1.807) is 0 Å². The first-order valence-electron chi connectivity index (χ1n) is 5.96. The van der Waals surface area contributed by atoms with E-state index in [0.717, 1.165) is 26.4 Å². The number of H-pyrrole nitrogens is 1. The van der Waals surface area contributed by atoms with Gasteiger partial charge in [-0.05, 0) is 24.3 Å². The molecule has 7 N–H and O–H groups in total. The Labute approximate surface area is 119 Å². The molecule has 0 aliphatic heterocycles. The SMILES string of the molecule is N=C(N)c1ccc2cc(-c3ccc(C(=N)N)s3)[nH]c2c1. The number of aromatic nitrogens is 1. The van der Waals surface area contributed by atoms with Crippen molar-refractivity contribution in [3.63, 3.8) is 0 Å². The van der Waals surface area contributed by atoms with Crippen LogP contribution < -0.4 is 11.5 Å². The number of aromatic amines is 1. The summed E-state index contributed by atoms with van der Waals surface area (Å²) < 4.78 is 0. The third-order valence-corrected chi connectivity index (χ3v) is 4.22. The largest absolute Gasteiger partial charge is 0.384 e. The third kappa shape index (κ3) is 2.06. The lowest BCUT2D eigenvalue weighted by Crippen LogP contribution is -2.10. The second-order valence-corrected chi connectivity index (χ2v) is 5.56. The molecule has 0 atom stereocenters. The van der Waals surface area contributed by atoms with E-state index in [2.05, 4.69) is 4.98 Å². The molecule has 0 aliphatic carbocycles. The van der Waals surface area contributed by atoms with Gasteiger partial charge >= 0.3 is 0 Å². The topological polar surface area (TPSA) is 116 Å². The Kier molecular flexibility index (Phi) is 2.80. The van der Waals surface area contributed by atoms with Gasteiger partial charge < -0.3 is 16.5 Å². The van der Waals surface area contributed by atoms with Gasteiger partial charge in [0.2, 0.25) is 0 Å². The van der Waals surface area contributed by atoms with E-state index in [-0.39, 0.29) is 11.7 Å². The molecule has 3 aromatic rings. The lowest BCUT2D eigenvalue weighted by molar-refractivity contribution is 1.42. The molecule has 3 rings (SSSR count). The van der Waals surface area contributed by atoms with Gasteiger partial charge in [0.25, 0.3) is 0 Å². The Morgan fingerprint density at radius 2 is 1.80 bits per heavy atom. The summed E-state index contributed by atoms with van der Waals surface area (Å²) in [5.41, 5.74) is 13.6. The Bertz CT molecular complexity index is 827. The molecule has 1 aromatic carbocycles. The third-order valence-electron chi connectivity index (χ3n) is 3.07. The fourth-order valence-electron chi connectivity index (χ4n) is 2.05. The van der Waals surface area contributed by atoms with Gasteiger partial charge in [-0.3, -0.25) is 10.8 Å². The fraction of sp³-hybridized carbons (Fsp3) is 0. The van der Waals surface area contributed by atoms with E-state index in [0.29, 0.717) is 5.56 Å². The molecule has 0 saturated heterocycles. The van der Waals surface area contributed by atoms with Crippen molar-refractivity contribution in [3.8, 4) is 10.6 Å². The van der Waals surface area contributed by atoms with Crippen LogP contribution in [0.3, 0.4) is 0 Å². The predicted molar refractivity (Wildman–Crippen MR) is 83.6 cm³/mol. The summed E-state index contributed by atoms with van der Waals surface area (Å²) >= 11 is 1.47. The number of nitrogens with two attached hydrogens (primary N) is 2. The molecule has 2 aromatic heterocycles. The summed E-state index contributed by atoms with van der Waals surface area (Å²) in [4.78, 5) is 5.08. The van der Waals surface area contributed by atoms with Crippen LogP contribution in [0, 0.1) is 10.8 Å². The molecule has 0 amide bonds. The number of thiophene rings is 1. The highest BCUT2D eigenvalue weighted by Gasteiger charge is 2.08. The van der Waals surface area contributed by atoms with Crippen LogP contribution >= 0.6 is 11.3 Å². The zero-order valence-corrected chi connectivity index (χ0v) is 11.3. The van der Waals surface area contributed by atoms with Crippen LogP contribution in [0.5, 0.6) is 0 Å². The van der Waals surface area contributed by atoms with Gasteiger partial charge in [0.1, 0.15) is 11.7 Å². The van der Waals surface area contributed by atoms with Crippen molar-refractivity contribution < 1.29 is 0 Å². The van der Waals surface area contributed by atoms with Gasteiger partial charge in [0, 0.05) is 16.5 Å². The molecule has 0 fully saturated rings. The molecular weight excluding hydrogens is 270 g/mol. The van der Waals surface area contributed by atoms with Crippen molar-refractivity contribution in [3.05, 3.63) is 46.8 Å². The van der Waals surface area contributed by atoms with Gasteiger partial charge in [-0.1, -0.05) is 12.1 Å². The average Bonchev–Trinajstić information content (AvgIpc) is 3.04. The maximum absolute atomic E-state index is 7.46. The number of nitrogens with one attached hydrogen (secondary N) is 3. The van der Waals surface area contributed by atoms with Gasteiger partial charge in [-0.15, -0.1) is 11.3 Å². The molecule has 0 bridgehead atoms. The van der Waals surface area contributed by atoms with Crippen molar-refractivity contribution in [1.29, 1.82) is 10.8 Å². The van der Waals surface area contributed by atoms with Crippen LogP contribution in [0.2, 0.25) is 0 Å². The van der Waals surface area contributed by atoms with Gasteiger partial charge in [-0.2, -0.15) is 0 Å². The Hall–Kier alpha value is -2.60. The second-order valence-electron chi connectivity index (χ2n) is 4.48. The van der Waals surface area contributed by atoms with Crippen LogP contribution in [-0.2, 0) is 0 Å². The number of benzene rings is 1. The lowest BCUT2D eigenvalue weighted by Gasteiger charge is -1.97. The minimum absolute atomic E-state index is 0.0537. The van der Waals surface area contributed by atoms with E-state index < -0.39 is 0 Å². The summed E-state index contributed by atoms with van der Waals surface area (Å²) in [6, 6.07) is 11.5. The molecular formula is C14H13N5S. The summed E-state index contributed by atoms with van der Waals surface area (Å²) in [7, 11) is 0. The summed E-state index contributed by atoms with van der Waals surface area (Å²) in [6.07, 6.45) is 0. The second kappa shape index (κ2) is 4.50. The number of nitrogen functional groups attached to an aromatic ring is 2. The van der Waals surface area contributed by atoms with Crippen molar-refractivity contribution in [1.82, 2.24) is 4.98 Å². The first-order chi connectivity index (χ1) is 9.54. The molecule has 5 nitrogen and oxygen atoms in total. The summed E-state index contributed by atoms with van der Waals surface area (Å²) in [5.74, 6) is 0.134. The monoisotopic (exact) mass is 283 g/mol. The zero-order chi connectivity index (χ0) is 14.3. The Morgan fingerprint density at radius 3 is 2.45 bits per heavy atom. The highest BCUT2D eigenvalue weighted by Crippen LogP contribution is 2.30. The number of rotatable bonds is 3. The van der Waals surface area contributed by atoms with E-state index in [1.165, 1.54) is 11.3 Å². The molecule has 0 spiro atoms. The standard InChI is InChI=1S/C14H13N5S/c15-13(16)8-2-1-7-5-10(19-9(7)6-8)11-3-4-12(20-11)14(17)18/h1-6,19H,(H3,15,16)(H3,17,18). The van der Waals surface area contributed by atoms with Crippen molar-refractivity contribution in [2.75, 3.05) is 0 Å². The first kappa shape index (κ1) is 12.4. The number of fused-ring (bicyclic) bond motifs is 1. The fourth-order valence-corrected chi connectivity index (χ4v) is 2.89. The molecule has 2 heterocycles. The minimum Gasteiger partial charge on any atom is -0.384 e. The zero-order valence-electron chi connectivity index (χ0n) is 10.5. The lowest BCUT2D eigenvalue weighted by atomic mass is 10.1. The number of hydrogen-bond donors (Lipinski definition) is 5. The van der Waals surface area contributed by atoms with Crippen LogP contribution in [0.15, 0.2) is 36.4 Å². The molecule has 100 valence electrons.